The first-order chi connectivity index (χ1) is 9.06. The van der Waals surface area contributed by atoms with Crippen LogP contribution in [-0.4, -0.2) is 14.4 Å². The Hall–Kier alpha value is -2.14. The highest BCUT2D eigenvalue weighted by molar-refractivity contribution is 6.32. The molecule has 2 aromatic heterocycles. The number of anilines is 1. The molecule has 6 heteroatoms. The van der Waals surface area contributed by atoms with Crippen LogP contribution in [0.5, 0.6) is 0 Å². The first-order valence-electron chi connectivity index (χ1n) is 5.63. The maximum atomic E-state index is 13.0. The molecule has 0 fully saturated rings. The number of hydrogen-bond donors (Lipinski definition) is 1. The zero-order chi connectivity index (χ0) is 13.6. The van der Waals surface area contributed by atoms with Gasteiger partial charge in [0, 0.05) is 11.8 Å². The van der Waals surface area contributed by atoms with Crippen LogP contribution in [0.25, 0.3) is 16.9 Å². The van der Waals surface area contributed by atoms with Crippen LogP contribution in [0.1, 0.15) is 5.69 Å². The molecular weight excluding hydrogens is 267 g/mol. The lowest BCUT2D eigenvalue weighted by molar-refractivity contribution is 0.628. The number of aromatic nitrogens is 3. The fourth-order valence-corrected chi connectivity index (χ4v) is 2.13. The Morgan fingerprint density at radius 2 is 1.89 bits per heavy atom. The highest BCUT2D eigenvalue weighted by atomic mass is 35.5. The number of fused-ring (bicyclic) bond motifs is 1. The Morgan fingerprint density at radius 3 is 2.58 bits per heavy atom. The van der Waals surface area contributed by atoms with E-state index in [1.807, 2.05) is 6.92 Å². The summed E-state index contributed by atoms with van der Waals surface area (Å²) >= 11 is 6.10. The summed E-state index contributed by atoms with van der Waals surface area (Å²) in [5.41, 5.74) is 8.52. The summed E-state index contributed by atoms with van der Waals surface area (Å²) in [5, 5.41) is 0.321. The summed E-state index contributed by atoms with van der Waals surface area (Å²) in [6.07, 6.45) is 1.78. The van der Waals surface area contributed by atoms with E-state index in [4.69, 9.17) is 17.3 Å². The molecule has 0 bridgehead atoms. The molecule has 0 atom stereocenters. The van der Waals surface area contributed by atoms with Gasteiger partial charge in [-0.15, -0.1) is 0 Å². The standard InChI is InChI=1S/C13H10ClFN4/c1-7-6-19-11(14)12(16)18-10(13(19)17-7)8-2-4-9(15)5-3-8/h2-6H,16H2,1H3. The van der Waals surface area contributed by atoms with Gasteiger partial charge in [-0.3, -0.25) is 4.40 Å². The second kappa shape index (κ2) is 4.20. The van der Waals surface area contributed by atoms with Crippen LogP contribution in [0, 0.1) is 12.7 Å². The maximum absolute atomic E-state index is 13.0. The third kappa shape index (κ3) is 1.92. The average Bonchev–Trinajstić information content (AvgIpc) is 2.77. The van der Waals surface area contributed by atoms with E-state index in [0.717, 1.165) is 11.3 Å². The molecule has 0 aliphatic carbocycles. The molecule has 0 unspecified atom stereocenters. The quantitative estimate of drug-likeness (QED) is 0.743. The van der Waals surface area contributed by atoms with E-state index in [1.54, 1.807) is 22.7 Å². The number of nitrogens with zero attached hydrogens (tertiary/aromatic N) is 3. The van der Waals surface area contributed by atoms with Gasteiger partial charge in [0.15, 0.2) is 16.6 Å². The monoisotopic (exact) mass is 276 g/mol. The van der Waals surface area contributed by atoms with E-state index in [9.17, 15) is 4.39 Å². The third-order valence-corrected chi connectivity index (χ3v) is 3.19. The number of nitrogen functional groups attached to an aromatic ring is 1. The average molecular weight is 277 g/mol. The molecule has 0 saturated heterocycles. The zero-order valence-electron chi connectivity index (χ0n) is 10.1. The number of nitrogens with two attached hydrogens (primary N) is 1. The van der Waals surface area contributed by atoms with Crippen LogP contribution in [0.3, 0.4) is 0 Å². The van der Waals surface area contributed by atoms with Gasteiger partial charge < -0.3 is 5.73 Å². The summed E-state index contributed by atoms with van der Waals surface area (Å²) in [5.74, 6) is -0.0906. The Balaban J connectivity index is 2.34. The van der Waals surface area contributed by atoms with Crippen LogP contribution in [0.4, 0.5) is 10.2 Å². The Kier molecular flexibility index (Phi) is 2.64. The van der Waals surface area contributed by atoms with Crippen molar-refractivity contribution in [2.45, 2.75) is 6.92 Å². The van der Waals surface area contributed by atoms with Gasteiger partial charge in [-0.25, -0.2) is 14.4 Å². The van der Waals surface area contributed by atoms with Gasteiger partial charge in [-0.05, 0) is 31.2 Å². The fourth-order valence-electron chi connectivity index (χ4n) is 1.96. The minimum Gasteiger partial charge on any atom is -0.381 e. The van der Waals surface area contributed by atoms with Crippen LogP contribution in [-0.2, 0) is 0 Å². The van der Waals surface area contributed by atoms with E-state index in [0.29, 0.717) is 16.5 Å². The third-order valence-electron chi connectivity index (χ3n) is 2.81. The van der Waals surface area contributed by atoms with E-state index >= 15 is 0 Å². The number of imidazole rings is 1. The Morgan fingerprint density at radius 1 is 1.21 bits per heavy atom. The van der Waals surface area contributed by atoms with E-state index in [1.165, 1.54) is 12.1 Å². The lowest BCUT2D eigenvalue weighted by atomic mass is 10.1. The second-order valence-corrected chi connectivity index (χ2v) is 4.58. The minimum absolute atomic E-state index is 0.214. The molecule has 0 saturated carbocycles. The van der Waals surface area contributed by atoms with Gasteiger partial charge in [0.1, 0.15) is 11.5 Å². The van der Waals surface area contributed by atoms with Crippen molar-refractivity contribution >= 4 is 23.1 Å². The maximum Gasteiger partial charge on any atom is 0.165 e. The van der Waals surface area contributed by atoms with Gasteiger partial charge in [0.2, 0.25) is 0 Å². The lowest BCUT2D eigenvalue weighted by Crippen LogP contribution is -2.00. The number of rotatable bonds is 1. The van der Waals surface area contributed by atoms with E-state index in [2.05, 4.69) is 9.97 Å². The van der Waals surface area contributed by atoms with Gasteiger partial charge in [0.05, 0.1) is 5.69 Å². The molecule has 3 aromatic rings. The molecule has 0 radical (unpaired) electrons. The molecule has 0 spiro atoms. The number of halogens is 2. The van der Waals surface area contributed by atoms with Crippen molar-refractivity contribution in [2.75, 3.05) is 5.73 Å². The Bertz CT molecular complexity index is 764. The second-order valence-electron chi connectivity index (χ2n) is 4.22. The smallest absolute Gasteiger partial charge is 0.165 e. The van der Waals surface area contributed by atoms with Crippen LogP contribution in [0.15, 0.2) is 30.5 Å². The first-order valence-corrected chi connectivity index (χ1v) is 6.00. The minimum atomic E-state index is -0.304. The molecule has 19 heavy (non-hydrogen) atoms. The topological polar surface area (TPSA) is 56.2 Å². The molecule has 96 valence electrons. The molecule has 2 N–H and O–H groups in total. The summed E-state index contributed by atoms with van der Waals surface area (Å²) in [4.78, 5) is 8.63. The van der Waals surface area contributed by atoms with Gasteiger partial charge in [-0.2, -0.15) is 0 Å². The molecule has 1 aromatic carbocycles. The molecule has 4 nitrogen and oxygen atoms in total. The van der Waals surface area contributed by atoms with Gasteiger partial charge >= 0.3 is 0 Å². The molecule has 0 aliphatic heterocycles. The SMILES string of the molecule is Cc1cn2c(Cl)c(N)nc(-c3ccc(F)cc3)c2n1. The number of aryl methyl sites for hydroxylation is 1. The van der Waals surface area contributed by atoms with Crippen LogP contribution < -0.4 is 5.73 Å². The van der Waals surface area contributed by atoms with Crippen molar-refractivity contribution in [2.24, 2.45) is 0 Å². The fraction of sp³-hybridized carbons (Fsp3) is 0.0769. The molecule has 0 aliphatic rings. The van der Waals surface area contributed by atoms with Crippen molar-refractivity contribution in [1.82, 2.24) is 14.4 Å². The van der Waals surface area contributed by atoms with Gasteiger partial charge in [-0.1, -0.05) is 11.6 Å². The van der Waals surface area contributed by atoms with E-state index in [-0.39, 0.29) is 11.6 Å². The highest BCUT2D eigenvalue weighted by Gasteiger charge is 2.14. The zero-order valence-corrected chi connectivity index (χ0v) is 10.8. The predicted molar refractivity (Wildman–Crippen MR) is 72.5 cm³/mol. The van der Waals surface area contributed by atoms with Crippen molar-refractivity contribution in [1.29, 1.82) is 0 Å². The van der Waals surface area contributed by atoms with Crippen molar-refractivity contribution < 1.29 is 4.39 Å². The summed E-state index contributed by atoms with van der Waals surface area (Å²) in [7, 11) is 0. The van der Waals surface area contributed by atoms with Gasteiger partial charge in [0.25, 0.3) is 0 Å². The molecule has 0 amide bonds. The van der Waals surface area contributed by atoms with Crippen molar-refractivity contribution in [3.05, 3.63) is 47.1 Å². The Labute approximate surface area is 113 Å². The predicted octanol–water partition coefficient (Wildman–Crippen LogP) is 3.08. The molecule has 2 heterocycles. The molecule has 3 rings (SSSR count). The number of hydrogen-bond acceptors (Lipinski definition) is 3. The first kappa shape index (κ1) is 11.9. The highest BCUT2D eigenvalue weighted by Crippen LogP contribution is 2.28. The molecular formula is C13H10ClFN4. The van der Waals surface area contributed by atoms with E-state index < -0.39 is 0 Å². The summed E-state index contributed by atoms with van der Waals surface area (Å²) in [6.45, 7) is 1.86. The van der Waals surface area contributed by atoms with Crippen molar-refractivity contribution in [3.8, 4) is 11.3 Å². The van der Waals surface area contributed by atoms with Crippen LogP contribution >= 0.6 is 11.6 Å². The normalized spacial score (nSPS) is 11.1. The lowest BCUT2D eigenvalue weighted by Gasteiger charge is -2.07. The van der Waals surface area contributed by atoms with Crippen molar-refractivity contribution in [3.63, 3.8) is 0 Å². The largest absolute Gasteiger partial charge is 0.381 e. The van der Waals surface area contributed by atoms with Crippen LogP contribution in [0.2, 0.25) is 5.15 Å². The summed E-state index contributed by atoms with van der Waals surface area (Å²) < 4.78 is 14.7. The summed E-state index contributed by atoms with van der Waals surface area (Å²) in [6, 6.07) is 6.01. The number of benzene rings is 1.